The number of phenolic OH excluding ortho intramolecular Hbond substituents is 1. The minimum atomic E-state index is -2.34. The number of hydrogen-bond acceptors (Lipinski definition) is 15. The van der Waals surface area contributed by atoms with E-state index in [2.05, 4.69) is 10.3 Å². The van der Waals surface area contributed by atoms with Gasteiger partial charge in [-0.2, -0.15) is 9.90 Å². The Morgan fingerprint density at radius 2 is 1.78 bits per heavy atom. The number of nitrogens with one attached hydrogen (secondary N) is 2. The number of aliphatic imine (C=N–C) groups is 1. The quantitative estimate of drug-likeness (QED) is 0.0305. The average molecular weight is 799 g/mol. The number of allylic oxidation sites excluding steroid dienone is 1. The Kier molecular flexibility index (Phi) is 11.6. The minimum Gasteiger partial charge on any atom is -0.508 e. The van der Waals surface area contributed by atoms with Crippen molar-refractivity contribution in [1.29, 1.82) is 0 Å². The highest BCUT2D eigenvalue weighted by Gasteiger charge is 2.54. The van der Waals surface area contributed by atoms with Crippen molar-refractivity contribution in [3.63, 3.8) is 0 Å². The number of carboxylic acids is 1. The van der Waals surface area contributed by atoms with E-state index in [9.17, 15) is 44.7 Å². The van der Waals surface area contributed by atoms with E-state index in [0.29, 0.717) is 28.3 Å². The highest BCUT2D eigenvalue weighted by atomic mass is 16.8. The highest BCUT2D eigenvalue weighted by molar-refractivity contribution is 5.98. The molecule has 302 valence electrons. The van der Waals surface area contributed by atoms with Crippen LogP contribution < -0.4 is 20.5 Å². The van der Waals surface area contributed by atoms with E-state index in [-0.39, 0.29) is 53.0 Å². The Hall–Kier alpha value is -6.05. The number of carbonyl (C=O) groups is 3. The van der Waals surface area contributed by atoms with Crippen LogP contribution in [-0.4, -0.2) is 106 Å². The maximum Gasteiger partial charge on any atom is 0.337 e. The molecule has 8 atom stereocenters. The number of aliphatic hydroxyl groups excluding tert-OH is 3. The second-order valence-corrected chi connectivity index (χ2v) is 14.0. The van der Waals surface area contributed by atoms with Crippen molar-refractivity contribution in [3.8, 4) is 22.6 Å². The molecule has 1 saturated heterocycles. The van der Waals surface area contributed by atoms with E-state index in [1.807, 2.05) is 38.1 Å². The van der Waals surface area contributed by atoms with Crippen LogP contribution in [-0.2, 0) is 28.7 Å². The molecule has 0 spiro atoms. The van der Waals surface area contributed by atoms with Gasteiger partial charge in [0, 0.05) is 36.4 Å². The molecule has 3 aliphatic rings. The summed E-state index contributed by atoms with van der Waals surface area (Å²) in [4.78, 5) is 59.9. The van der Waals surface area contributed by atoms with Crippen LogP contribution in [0.2, 0.25) is 0 Å². The van der Waals surface area contributed by atoms with Gasteiger partial charge in [-0.1, -0.05) is 29.3 Å². The van der Waals surface area contributed by atoms with Crippen LogP contribution in [0.1, 0.15) is 23.1 Å². The van der Waals surface area contributed by atoms with Crippen LogP contribution in [0.15, 0.2) is 98.5 Å². The maximum atomic E-state index is 13.5. The fourth-order valence-electron chi connectivity index (χ4n) is 7.09. The number of benzene rings is 3. The number of fused-ring (bicyclic) bond motifs is 2. The summed E-state index contributed by atoms with van der Waals surface area (Å²) in [6.45, 7) is 3.96. The van der Waals surface area contributed by atoms with E-state index in [4.69, 9.17) is 23.5 Å². The van der Waals surface area contributed by atoms with Gasteiger partial charge in [-0.25, -0.2) is 14.6 Å². The van der Waals surface area contributed by atoms with Crippen molar-refractivity contribution >= 4 is 41.1 Å². The first-order chi connectivity index (χ1) is 27.8. The van der Waals surface area contributed by atoms with Gasteiger partial charge in [0.05, 0.1) is 10.9 Å². The molecule has 3 aliphatic heterocycles. The summed E-state index contributed by atoms with van der Waals surface area (Å²) in [6, 6.07) is 14.2. The first-order valence-electron chi connectivity index (χ1n) is 18.2. The third kappa shape index (κ3) is 8.18. The molecule has 3 aromatic carbocycles. The Morgan fingerprint density at radius 1 is 1.03 bits per heavy atom. The zero-order valence-corrected chi connectivity index (χ0v) is 31.1. The van der Waals surface area contributed by atoms with Crippen LogP contribution in [0.4, 0.5) is 0 Å². The van der Waals surface area contributed by atoms with E-state index in [1.165, 1.54) is 36.6 Å². The number of rotatable bonds is 14. The lowest BCUT2D eigenvalue weighted by molar-refractivity contribution is -1.04. The third-order valence-corrected chi connectivity index (χ3v) is 9.81. The van der Waals surface area contributed by atoms with Gasteiger partial charge in [0.15, 0.2) is 17.2 Å². The first kappa shape index (κ1) is 40.2. The number of carboxylic acid groups (broad SMARTS) is 1. The fraction of sp³-hybridized carbons (Fsp3) is 0.293. The number of carbonyl (C=O) groups excluding carboxylic acids is 2. The predicted molar refractivity (Wildman–Crippen MR) is 203 cm³/mol. The molecule has 1 aromatic heterocycles. The molecule has 0 amide bonds. The zero-order chi connectivity index (χ0) is 41.2. The van der Waals surface area contributed by atoms with Gasteiger partial charge >= 0.3 is 11.9 Å². The van der Waals surface area contributed by atoms with Crippen molar-refractivity contribution < 1.29 is 68.4 Å². The second kappa shape index (κ2) is 16.8. The summed E-state index contributed by atoms with van der Waals surface area (Å²) in [6.07, 6.45) is -6.10. The van der Waals surface area contributed by atoms with Gasteiger partial charge in [-0.15, -0.1) is 0 Å². The molecule has 4 heterocycles. The van der Waals surface area contributed by atoms with E-state index < -0.39 is 55.0 Å². The molecule has 4 aromatic rings. The Morgan fingerprint density at radius 3 is 2.48 bits per heavy atom. The zero-order valence-electron chi connectivity index (χ0n) is 31.1. The largest absolute Gasteiger partial charge is 0.508 e. The number of phenols is 1. The van der Waals surface area contributed by atoms with Crippen LogP contribution in [0.25, 0.3) is 27.8 Å². The van der Waals surface area contributed by atoms with Crippen molar-refractivity contribution in [2.45, 2.75) is 63.3 Å². The van der Waals surface area contributed by atoms with Crippen LogP contribution in [0, 0.1) is 13.8 Å². The maximum absolute atomic E-state index is 13.5. The van der Waals surface area contributed by atoms with Gasteiger partial charge in [0.25, 0.3) is 0 Å². The number of aryl methyl sites for hydroxylation is 2. The lowest BCUT2D eigenvalue weighted by Crippen LogP contribution is -3.08. The molecule has 7 rings (SSSR count). The standard InChI is InChI=1S/C41H39N3O14/c1-20-14-21(2)16-24(15-20)32-30-23(10-12-43-30)18-44(32)58-37-35(49)34(48)36(40(53)57-39(52)31(38(50)51)42-11-3-13-45)56-41(37)55-26-8-9-27-29(17-26)54-19-28(33(27)47)22-4-6-25(46)7-5-22/h4-10,12-17,19,31,34-37,40-42,46,48-49,53H,3,11,18H2,1-2H3,(H,50,51)/p+1. The number of aromatic hydroxyl groups is 1. The fourth-order valence-corrected chi connectivity index (χ4v) is 7.09. The number of quaternary nitrogens is 1. The summed E-state index contributed by atoms with van der Waals surface area (Å²) >= 11 is 0. The molecular weight excluding hydrogens is 758 g/mol. The van der Waals surface area contributed by atoms with Gasteiger partial charge in [-0.3, -0.25) is 10.1 Å². The number of hydroxylamine groups is 2. The molecule has 1 fully saturated rings. The summed E-state index contributed by atoms with van der Waals surface area (Å²) in [7, 11) is 0. The molecule has 7 N–H and O–H groups in total. The number of ether oxygens (including phenoxy) is 3. The van der Waals surface area contributed by atoms with Crippen molar-refractivity contribution in [1.82, 2.24) is 5.32 Å². The minimum absolute atomic E-state index is 0.0268. The molecule has 0 saturated carbocycles. The topological polar surface area (TPSA) is 248 Å². The molecule has 0 radical (unpaired) electrons. The second-order valence-electron chi connectivity index (χ2n) is 14.0. The molecule has 8 unspecified atom stereocenters. The Balaban J connectivity index is 1.20. The monoisotopic (exact) mass is 798 g/mol. The average Bonchev–Trinajstić information content (AvgIpc) is 3.77. The van der Waals surface area contributed by atoms with Crippen molar-refractivity contribution in [2.24, 2.45) is 4.99 Å². The molecule has 17 nitrogen and oxygen atoms in total. The third-order valence-electron chi connectivity index (χ3n) is 9.81. The lowest BCUT2D eigenvalue weighted by atomic mass is 9.98. The van der Waals surface area contributed by atoms with Crippen LogP contribution >= 0.6 is 0 Å². The van der Waals surface area contributed by atoms with Crippen molar-refractivity contribution in [2.75, 3.05) is 13.1 Å². The number of aldehydes is 1. The van der Waals surface area contributed by atoms with Gasteiger partial charge in [0.1, 0.15) is 54.1 Å². The van der Waals surface area contributed by atoms with E-state index >= 15 is 0 Å². The van der Waals surface area contributed by atoms with Crippen LogP contribution in [0.3, 0.4) is 0 Å². The summed E-state index contributed by atoms with van der Waals surface area (Å²) in [5.41, 5.74) is 5.39. The molecule has 0 aliphatic carbocycles. The Labute approximate surface area is 329 Å². The molecule has 17 heteroatoms. The molecule has 0 bridgehead atoms. The van der Waals surface area contributed by atoms with Gasteiger partial charge < -0.3 is 49.0 Å². The van der Waals surface area contributed by atoms with Crippen molar-refractivity contribution in [3.05, 3.63) is 111 Å². The summed E-state index contributed by atoms with van der Waals surface area (Å²) in [5, 5.41) is 56.2. The van der Waals surface area contributed by atoms with E-state index in [0.717, 1.165) is 22.3 Å². The number of nitrogens with zero attached hydrogens (tertiary/aromatic N) is 1. The summed E-state index contributed by atoms with van der Waals surface area (Å²) < 4.78 is 23.0. The summed E-state index contributed by atoms with van der Waals surface area (Å²) in [5.74, 6) is -3.05. The SMILES string of the molecule is Cc1cc(C)cc(C2=C3N=CC=C3C[NH+]2OC2C(Oc3ccc4c(=O)c(-c5ccc(O)cc5)coc4c3)OC(C(O)OC(=O)C(NCCC=O)C(=O)O)C(O)C2O)c1. The number of aliphatic hydroxyl groups is 3. The van der Waals surface area contributed by atoms with E-state index in [1.54, 1.807) is 18.3 Å². The smallest absolute Gasteiger partial charge is 0.337 e. The predicted octanol–water partition coefficient (Wildman–Crippen LogP) is 0.680. The number of hydrogen-bond donors (Lipinski definition) is 7. The van der Waals surface area contributed by atoms with Gasteiger partial charge in [0.2, 0.25) is 24.7 Å². The highest BCUT2D eigenvalue weighted by Crippen LogP contribution is 2.33. The van der Waals surface area contributed by atoms with Gasteiger partial charge in [-0.05, 0) is 61.9 Å². The molecule has 58 heavy (non-hydrogen) atoms. The lowest BCUT2D eigenvalue weighted by Gasteiger charge is -2.42. The number of aliphatic carboxylic acids is 1. The van der Waals surface area contributed by atoms with Crippen LogP contribution in [0.5, 0.6) is 11.5 Å². The molecular formula is C41H40N3O14+. The number of esters is 1. The normalized spacial score (nSPS) is 23.6. The first-order valence-corrected chi connectivity index (χ1v) is 18.2. The Bertz CT molecular complexity index is 2370.